The highest BCUT2D eigenvalue weighted by Gasteiger charge is 2.22. The first-order chi connectivity index (χ1) is 11.6. The van der Waals surface area contributed by atoms with E-state index in [4.69, 9.17) is 4.42 Å². The lowest BCUT2D eigenvalue weighted by Crippen LogP contribution is -3.07. The van der Waals surface area contributed by atoms with Crippen molar-refractivity contribution in [2.45, 2.75) is 6.04 Å². The van der Waals surface area contributed by atoms with Crippen LogP contribution >= 0.6 is 0 Å². The van der Waals surface area contributed by atoms with Crippen LogP contribution in [0.4, 0.5) is 0 Å². The highest BCUT2D eigenvalue weighted by Crippen LogP contribution is 2.25. The average molecular weight is 325 g/mol. The number of aromatic hydroxyl groups is 1. The minimum Gasteiger partial charge on any atom is -0.507 e. The van der Waals surface area contributed by atoms with Gasteiger partial charge >= 0.3 is 0 Å². The molecule has 3 N–H and O–H groups in total. The topological polar surface area (TPSA) is 66.9 Å². The Kier molecular flexibility index (Phi) is 4.53. The minimum atomic E-state index is -0.295. The molecule has 24 heavy (non-hydrogen) atoms. The molecule has 0 unspecified atom stereocenters. The Morgan fingerprint density at radius 3 is 2.50 bits per heavy atom. The summed E-state index contributed by atoms with van der Waals surface area (Å²) in [4.78, 5) is 13.6. The van der Waals surface area contributed by atoms with Crippen LogP contribution in [-0.4, -0.2) is 31.7 Å². The molecule has 0 spiro atoms. The van der Waals surface area contributed by atoms with Crippen molar-refractivity contribution in [2.75, 3.05) is 20.6 Å². The first-order valence-corrected chi connectivity index (χ1v) is 7.89. The fourth-order valence-electron chi connectivity index (χ4n) is 2.78. The number of furan rings is 1. The number of rotatable bonds is 5. The normalized spacial score (nSPS) is 12.5. The molecule has 0 saturated carbocycles. The Morgan fingerprint density at radius 2 is 1.88 bits per heavy atom. The van der Waals surface area contributed by atoms with Crippen molar-refractivity contribution in [1.82, 2.24) is 5.32 Å². The lowest BCUT2D eigenvalue weighted by molar-refractivity contribution is -0.891. The molecule has 0 saturated heterocycles. The molecule has 124 valence electrons. The molecule has 0 bridgehead atoms. The Labute approximate surface area is 140 Å². The summed E-state index contributed by atoms with van der Waals surface area (Å²) in [5.74, 6) is 0.507. The van der Waals surface area contributed by atoms with Gasteiger partial charge in [-0.2, -0.15) is 0 Å². The van der Waals surface area contributed by atoms with Gasteiger partial charge in [-0.3, -0.25) is 4.79 Å². The van der Waals surface area contributed by atoms with E-state index < -0.39 is 0 Å². The number of carbonyl (C=O) groups excluding carboxylic acids is 1. The van der Waals surface area contributed by atoms with Gasteiger partial charge in [0.2, 0.25) is 0 Å². The van der Waals surface area contributed by atoms with E-state index in [1.54, 1.807) is 18.4 Å². The van der Waals surface area contributed by atoms with Gasteiger partial charge in [0.25, 0.3) is 5.91 Å². The van der Waals surface area contributed by atoms with Crippen molar-refractivity contribution in [1.29, 1.82) is 0 Å². The van der Waals surface area contributed by atoms with E-state index in [1.807, 2.05) is 50.5 Å². The molecule has 3 aromatic rings. The van der Waals surface area contributed by atoms with Crippen molar-refractivity contribution < 1.29 is 19.2 Å². The van der Waals surface area contributed by atoms with E-state index in [1.165, 1.54) is 0 Å². The number of quaternary nitrogens is 1. The van der Waals surface area contributed by atoms with Crippen molar-refractivity contribution in [3.63, 3.8) is 0 Å². The molecule has 0 fully saturated rings. The summed E-state index contributed by atoms with van der Waals surface area (Å²) >= 11 is 0. The summed E-state index contributed by atoms with van der Waals surface area (Å²) in [6.45, 7) is 0.418. The molecule has 0 aliphatic heterocycles. The molecule has 1 heterocycles. The Morgan fingerprint density at radius 1 is 1.17 bits per heavy atom. The summed E-state index contributed by atoms with van der Waals surface area (Å²) in [5.41, 5.74) is 0.278. The van der Waals surface area contributed by atoms with Gasteiger partial charge in [0, 0.05) is 0 Å². The number of phenolic OH excluding ortho intramolecular Hbond substituents is 1. The van der Waals surface area contributed by atoms with Gasteiger partial charge in [-0.05, 0) is 35.0 Å². The van der Waals surface area contributed by atoms with Gasteiger partial charge in [-0.1, -0.05) is 24.3 Å². The van der Waals surface area contributed by atoms with Crippen LogP contribution in [0.3, 0.4) is 0 Å². The van der Waals surface area contributed by atoms with E-state index in [9.17, 15) is 9.90 Å². The molecule has 0 aliphatic rings. The van der Waals surface area contributed by atoms with E-state index in [0.717, 1.165) is 21.4 Å². The molecule has 3 rings (SSSR count). The largest absolute Gasteiger partial charge is 0.507 e. The summed E-state index contributed by atoms with van der Waals surface area (Å²) in [7, 11) is 4.01. The fourth-order valence-corrected chi connectivity index (χ4v) is 2.78. The Balaban J connectivity index is 1.78. The van der Waals surface area contributed by atoms with Gasteiger partial charge in [-0.25, -0.2) is 0 Å². The van der Waals surface area contributed by atoms with Gasteiger partial charge < -0.3 is 19.7 Å². The highest BCUT2D eigenvalue weighted by atomic mass is 16.3. The second kappa shape index (κ2) is 6.76. The maximum Gasteiger partial charge on any atom is 0.255 e. The van der Waals surface area contributed by atoms with Crippen molar-refractivity contribution >= 4 is 16.7 Å². The summed E-state index contributed by atoms with van der Waals surface area (Å²) in [5, 5.41) is 14.9. The number of hydrogen-bond donors (Lipinski definition) is 3. The van der Waals surface area contributed by atoms with Crippen LogP contribution in [0.15, 0.2) is 59.2 Å². The number of nitrogens with one attached hydrogen (secondary N) is 2. The first kappa shape index (κ1) is 16.1. The molecule has 1 amide bonds. The quantitative estimate of drug-likeness (QED) is 0.669. The SMILES string of the molecule is C[NH+](C)[C@H](CNC(=O)c1cc2ccccc2cc1O)c1ccco1. The zero-order valence-corrected chi connectivity index (χ0v) is 13.7. The molecular weight excluding hydrogens is 304 g/mol. The number of benzene rings is 2. The Hall–Kier alpha value is -2.79. The van der Waals surface area contributed by atoms with Gasteiger partial charge in [-0.15, -0.1) is 0 Å². The highest BCUT2D eigenvalue weighted by molar-refractivity contribution is 6.01. The molecular formula is C19H21N2O3+. The zero-order valence-electron chi connectivity index (χ0n) is 13.7. The number of phenols is 1. The maximum absolute atomic E-state index is 12.5. The molecule has 2 aromatic carbocycles. The van der Waals surface area contributed by atoms with Crippen LogP contribution in [0.25, 0.3) is 10.8 Å². The monoisotopic (exact) mass is 325 g/mol. The van der Waals surface area contributed by atoms with E-state index in [2.05, 4.69) is 5.32 Å². The number of amides is 1. The second-order valence-corrected chi connectivity index (χ2v) is 6.07. The smallest absolute Gasteiger partial charge is 0.255 e. The van der Waals surface area contributed by atoms with Crippen molar-refractivity contribution in [3.05, 3.63) is 66.1 Å². The third-order valence-electron chi connectivity index (χ3n) is 4.16. The molecule has 0 aliphatic carbocycles. The van der Waals surface area contributed by atoms with E-state index >= 15 is 0 Å². The summed E-state index contributed by atoms with van der Waals surface area (Å²) in [6, 6.07) is 14.7. The number of likely N-dealkylation sites (N-methyl/N-ethyl adjacent to an activating group) is 1. The number of fused-ring (bicyclic) bond motifs is 1. The van der Waals surface area contributed by atoms with Gasteiger partial charge in [0.05, 0.1) is 32.5 Å². The fraction of sp³-hybridized carbons (Fsp3) is 0.211. The zero-order chi connectivity index (χ0) is 17.1. The third kappa shape index (κ3) is 3.26. The summed E-state index contributed by atoms with van der Waals surface area (Å²) in [6.07, 6.45) is 1.63. The molecule has 1 aromatic heterocycles. The van der Waals surface area contributed by atoms with E-state index in [-0.39, 0.29) is 23.3 Å². The third-order valence-corrected chi connectivity index (χ3v) is 4.16. The molecule has 5 nitrogen and oxygen atoms in total. The van der Waals surface area contributed by atoms with Crippen molar-refractivity contribution in [2.24, 2.45) is 0 Å². The number of carbonyl (C=O) groups is 1. The van der Waals surface area contributed by atoms with Crippen LogP contribution in [-0.2, 0) is 0 Å². The van der Waals surface area contributed by atoms with Crippen LogP contribution in [0.1, 0.15) is 22.2 Å². The molecule has 5 heteroatoms. The molecule has 0 radical (unpaired) electrons. The maximum atomic E-state index is 12.5. The van der Waals surface area contributed by atoms with Crippen LogP contribution in [0.2, 0.25) is 0 Å². The predicted molar refractivity (Wildman–Crippen MR) is 92.2 cm³/mol. The minimum absolute atomic E-state index is 0.00606. The lowest BCUT2D eigenvalue weighted by atomic mass is 10.1. The van der Waals surface area contributed by atoms with Crippen LogP contribution in [0, 0.1) is 0 Å². The Bertz CT molecular complexity index is 841. The van der Waals surface area contributed by atoms with Gasteiger partial charge in [0.15, 0.2) is 11.8 Å². The van der Waals surface area contributed by atoms with Crippen LogP contribution < -0.4 is 10.2 Å². The molecule has 1 atom stereocenters. The summed E-state index contributed by atoms with van der Waals surface area (Å²) < 4.78 is 5.45. The lowest BCUT2D eigenvalue weighted by Gasteiger charge is -2.20. The number of hydrogen-bond acceptors (Lipinski definition) is 3. The average Bonchev–Trinajstić information content (AvgIpc) is 3.08. The second-order valence-electron chi connectivity index (χ2n) is 6.07. The van der Waals surface area contributed by atoms with Gasteiger partial charge in [0.1, 0.15) is 5.75 Å². The standard InChI is InChI=1S/C19H20N2O3/c1-21(2)16(18-8-5-9-24-18)12-20-19(23)15-10-13-6-3-4-7-14(13)11-17(15)22/h3-11,16,22H,12H2,1-2H3,(H,20,23)/p+1/t16-/m1/s1. The van der Waals surface area contributed by atoms with Crippen LogP contribution in [0.5, 0.6) is 5.75 Å². The predicted octanol–water partition coefficient (Wildman–Crippen LogP) is 1.75. The van der Waals surface area contributed by atoms with E-state index in [0.29, 0.717) is 6.54 Å². The first-order valence-electron chi connectivity index (χ1n) is 7.89. The van der Waals surface area contributed by atoms with Crippen molar-refractivity contribution in [3.8, 4) is 5.75 Å².